The molecular weight excluding hydrogens is 188 g/mol. The number of nitrogens with zero attached hydrogens (tertiary/aromatic N) is 1. The molecule has 0 aromatic carbocycles. The van der Waals surface area contributed by atoms with Gasteiger partial charge in [-0.3, -0.25) is 10.1 Å². The highest BCUT2D eigenvalue weighted by Crippen LogP contribution is 2.27. The Morgan fingerprint density at radius 1 is 1.77 bits per heavy atom. The topological polar surface area (TPSA) is 69.2 Å². The van der Waals surface area contributed by atoms with Crippen molar-refractivity contribution in [2.45, 2.75) is 25.8 Å². The van der Waals surface area contributed by atoms with Gasteiger partial charge in [-0.25, -0.2) is 0 Å². The Hall–Kier alpha value is -0.940. The summed E-state index contributed by atoms with van der Waals surface area (Å²) in [5.74, 6) is 0. The Morgan fingerprint density at radius 3 is 2.92 bits per heavy atom. The summed E-state index contributed by atoms with van der Waals surface area (Å²) in [5.41, 5.74) is 6.68. The zero-order valence-electron chi connectivity index (χ0n) is 7.40. The van der Waals surface area contributed by atoms with Crippen LogP contribution in [0.3, 0.4) is 0 Å². The van der Waals surface area contributed by atoms with E-state index < -0.39 is 0 Å². The van der Waals surface area contributed by atoms with Crippen molar-refractivity contribution >= 4 is 16.3 Å². The second-order valence-corrected chi connectivity index (χ2v) is 3.76. The molecular formula is C8H12N2O2S. The van der Waals surface area contributed by atoms with E-state index in [2.05, 4.69) is 0 Å². The monoisotopic (exact) mass is 200 g/mol. The molecule has 0 fully saturated rings. The number of thiophene rings is 1. The van der Waals surface area contributed by atoms with Gasteiger partial charge in [0.05, 0.1) is 4.92 Å². The molecule has 72 valence electrons. The Kier molecular flexibility index (Phi) is 3.39. The van der Waals surface area contributed by atoms with Crippen LogP contribution < -0.4 is 5.73 Å². The zero-order chi connectivity index (χ0) is 9.84. The molecule has 1 heterocycles. The van der Waals surface area contributed by atoms with Gasteiger partial charge in [0.25, 0.3) is 0 Å². The molecule has 0 amide bonds. The van der Waals surface area contributed by atoms with Crippen molar-refractivity contribution < 1.29 is 4.92 Å². The first-order chi connectivity index (χ1) is 6.15. The van der Waals surface area contributed by atoms with Gasteiger partial charge >= 0.3 is 5.00 Å². The fourth-order valence-electron chi connectivity index (χ4n) is 1.11. The van der Waals surface area contributed by atoms with Crippen molar-refractivity contribution in [3.63, 3.8) is 0 Å². The highest BCUT2D eigenvalue weighted by atomic mass is 32.1. The van der Waals surface area contributed by atoms with Crippen molar-refractivity contribution in [3.8, 4) is 0 Å². The molecule has 0 aliphatic carbocycles. The lowest BCUT2D eigenvalue weighted by Gasteiger charge is -2.05. The summed E-state index contributed by atoms with van der Waals surface area (Å²) in [6, 6.07) is 1.50. The third kappa shape index (κ3) is 2.50. The number of nitrogens with two attached hydrogens (primary N) is 1. The van der Waals surface area contributed by atoms with Crippen molar-refractivity contribution in [3.05, 3.63) is 27.1 Å². The molecule has 13 heavy (non-hydrogen) atoms. The van der Waals surface area contributed by atoms with Gasteiger partial charge in [-0.15, -0.1) is 0 Å². The molecule has 1 aromatic heterocycles. The minimum atomic E-state index is -0.382. The molecule has 0 aliphatic rings. The van der Waals surface area contributed by atoms with E-state index >= 15 is 0 Å². The maximum absolute atomic E-state index is 10.4. The molecule has 4 nitrogen and oxygen atoms in total. The summed E-state index contributed by atoms with van der Waals surface area (Å²) in [4.78, 5) is 9.99. The molecule has 0 saturated carbocycles. The molecule has 0 radical (unpaired) electrons. The molecule has 0 spiro atoms. The van der Waals surface area contributed by atoms with Crippen LogP contribution in [0.25, 0.3) is 0 Å². The highest BCUT2D eigenvalue weighted by Gasteiger charge is 2.13. The minimum absolute atomic E-state index is 0.0602. The SMILES string of the molecule is CCC[C@H](N)c1csc([N+](=O)[O-])c1. The maximum Gasteiger partial charge on any atom is 0.324 e. The smallest absolute Gasteiger partial charge is 0.324 e. The van der Waals surface area contributed by atoms with Gasteiger partial charge < -0.3 is 5.73 Å². The van der Waals surface area contributed by atoms with Gasteiger partial charge in [-0.05, 0) is 12.0 Å². The van der Waals surface area contributed by atoms with E-state index in [1.807, 2.05) is 6.92 Å². The number of nitro groups is 1. The Morgan fingerprint density at radius 2 is 2.46 bits per heavy atom. The second-order valence-electron chi connectivity index (χ2n) is 2.87. The lowest BCUT2D eigenvalue weighted by atomic mass is 10.1. The fraction of sp³-hybridized carbons (Fsp3) is 0.500. The first kappa shape index (κ1) is 10.1. The molecule has 0 unspecified atom stereocenters. The summed E-state index contributed by atoms with van der Waals surface area (Å²) in [6.07, 6.45) is 1.86. The number of hydrogen-bond donors (Lipinski definition) is 1. The quantitative estimate of drug-likeness (QED) is 0.599. The molecule has 0 saturated heterocycles. The van der Waals surface area contributed by atoms with E-state index in [9.17, 15) is 10.1 Å². The largest absolute Gasteiger partial charge is 0.324 e. The molecule has 1 rings (SSSR count). The normalized spacial score (nSPS) is 12.8. The van der Waals surface area contributed by atoms with Crippen LogP contribution in [-0.2, 0) is 0 Å². The molecule has 2 N–H and O–H groups in total. The summed E-state index contributed by atoms with van der Waals surface area (Å²) < 4.78 is 0. The van der Waals surface area contributed by atoms with Crippen molar-refractivity contribution in [2.24, 2.45) is 5.73 Å². The summed E-state index contributed by atoms with van der Waals surface area (Å²) in [5, 5.41) is 12.3. The molecule has 1 atom stereocenters. The predicted octanol–water partition coefficient (Wildman–Crippen LogP) is 2.46. The van der Waals surface area contributed by atoms with Crippen LogP contribution in [-0.4, -0.2) is 4.92 Å². The van der Waals surface area contributed by atoms with E-state index in [1.165, 1.54) is 0 Å². The fourth-order valence-corrected chi connectivity index (χ4v) is 1.90. The summed E-state index contributed by atoms with van der Waals surface area (Å²) in [6.45, 7) is 2.04. The van der Waals surface area contributed by atoms with E-state index in [1.54, 1.807) is 11.4 Å². The maximum atomic E-state index is 10.4. The molecule has 0 aliphatic heterocycles. The van der Waals surface area contributed by atoms with Crippen molar-refractivity contribution in [1.29, 1.82) is 0 Å². The summed E-state index contributed by atoms with van der Waals surface area (Å²) >= 11 is 1.13. The van der Waals surface area contributed by atoms with Crippen LogP contribution in [0.5, 0.6) is 0 Å². The van der Waals surface area contributed by atoms with Gasteiger partial charge in [-0.2, -0.15) is 0 Å². The van der Waals surface area contributed by atoms with Gasteiger partial charge in [-0.1, -0.05) is 24.7 Å². The lowest BCUT2D eigenvalue weighted by molar-refractivity contribution is -0.380. The Bertz CT molecular complexity index is 298. The predicted molar refractivity (Wildman–Crippen MR) is 52.8 cm³/mol. The molecule has 1 aromatic rings. The van der Waals surface area contributed by atoms with Gasteiger partial charge in [0.15, 0.2) is 0 Å². The van der Waals surface area contributed by atoms with Crippen LogP contribution >= 0.6 is 11.3 Å². The summed E-state index contributed by atoms with van der Waals surface area (Å²) in [7, 11) is 0. The van der Waals surface area contributed by atoms with E-state index in [-0.39, 0.29) is 16.0 Å². The van der Waals surface area contributed by atoms with E-state index in [4.69, 9.17) is 5.73 Å². The molecule has 5 heteroatoms. The average molecular weight is 200 g/mol. The van der Waals surface area contributed by atoms with Crippen LogP contribution in [0.15, 0.2) is 11.4 Å². The van der Waals surface area contributed by atoms with Crippen LogP contribution in [0, 0.1) is 10.1 Å². The standard InChI is InChI=1S/C8H12N2O2S/c1-2-3-7(9)6-4-8(10(11)12)13-5-6/h4-5,7H,2-3,9H2,1H3/t7-/m0/s1. The number of hydrogen-bond acceptors (Lipinski definition) is 4. The Balaban J connectivity index is 2.73. The van der Waals surface area contributed by atoms with Gasteiger partial charge in [0, 0.05) is 17.5 Å². The highest BCUT2D eigenvalue weighted by molar-refractivity contribution is 7.13. The second kappa shape index (κ2) is 4.34. The number of rotatable bonds is 4. The lowest BCUT2D eigenvalue weighted by Crippen LogP contribution is -2.08. The van der Waals surface area contributed by atoms with E-state index in [0.29, 0.717) is 0 Å². The zero-order valence-corrected chi connectivity index (χ0v) is 8.21. The van der Waals surface area contributed by atoms with Crippen molar-refractivity contribution in [1.82, 2.24) is 0 Å². The third-order valence-corrected chi connectivity index (χ3v) is 2.71. The first-order valence-corrected chi connectivity index (χ1v) is 5.01. The van der Waals surface area contributed by atoms with Crippen LogP contribution in [0.1, 0.15) is 31.4 Å². The molecule has 0 bridgehead atoms. The van der Waals surface area contributed by atoms with Gasteiger partial charge in [0.2, 0.25) is 0 Å². The average Bonchev–Trinajstić information content (AvgIpc) is 2.52. The van der Waals surface area contributed by atoms with Crippen LogP contribution in [0.4, 0.5) is 5.00 Å². The van der Waals surface area contributed by atoms with Gasteiger partial charge in [0.1, 0.15) is 0 Å². The third-order valence-electron chi connectivity index (χ3n) is 1.81. The Labute approximate surface area is 80.5 Å². The minimum Gasteiger partial charge on any atom is -0.324 e. The van der Waals surface area contributed by atoms with Crippen molar-refractivity contribution in [2.75, 3.05) is 0 Å². The first-order valence-electron chi connectivity index (χ1n) is 4.13. The van der Waals surface area contributed by atoms with Crippen LogP contribution in [0.2, 0.25) is 0 Å². The van der Waals surface area contributed by atoms with E-state index in [0.717, 1.165) is 29.7 Å².